The van der Waals surface area contributed by atoms with Crippen molar-refractivity contribution in [3.63, 3.8) is 0 Å². The molecule has 0 spiro atoms. The first kappa shape index (κ1) is 22.6. The lowest BCUT2D eigenvalue weighted by Gasteiger charge is -2.24. The first-order valence-electron chi connectivity index (χ1n) is 14.0. The van der Waals surface area contributed by atoms with Gasteiger partial charge in [0, 0.05) is 38.3 Å². The van der Waals surface area contributed by atoms with E-state index in [1.54, 1.807) is 0 Å². The van der Waals surface area contributed by atoms with Gasteiger partial charge in [-0.25, -0.2) is 9.97 Å². The molecule has 0 aliphatic heterocycles. The van der Waals surface area contributed by atoms with Crippen LogP contribution in [0.1, 0.15) is 25.0 Å². The molecule has 4 heteroatoms. The number of nitrogens with zero attached hydrogens (tertiary/aromatic N) is 3. The third-order valence-electron chi connectivity index (χ3n) is 8.79. The third-order valence-corrected chi connectivity index (χ3v) is 8.79. The van der Waals surface area contributed by atoms with Crippen LogP contribution in [0.25, 0.3) is 72.2 Å². The fourth-order valence-electron chi connectivity index (χ4n) is 6.93. The second kappa shape index (κ2) is 7.92. The van der Waals surface area contributed by atoms with Crippen molar-refractivity contribution < 1.29 is 4.42 Å². The van der Waals surface area contributed by atoms with Crippen LogP contribution in [0.3, 0.4) is 0 Å². The van der Waals surface area contributed by atoms with E-state index in [1.165, 1.54) is 11.1 Å². The highest BCUT2D eigenvalue weighted by Gasteiger charge is 2.40. The van der Waals surface area contributed by atoms with Crippen LogP contribution >= 0.6 is 0 Å². The lowest BCUT2D eigenvalue weighted by atomic mass is 9.82. The number of furan rings is 1. The van der Waals surface area contributed by atoms with Crippen LogP contribution in [-0.4, -0.2) is 14.5 Å². The van der Waals surface area contributed by atoms with E-state index in [4.69, 9.17) is 14.4 Å². The predicted molar refractivity (Wildman–Crippen MR) is 167 cm³/mol. The largest absolute Gasteiger partial charge is 0.455 e. The average Bonchev–Trinajstić information content (AvgIpc) is 3.63. The van der Waals surface area contributed by atoms with Gasteiger partial charge in [0.25, 0.3) is 0 Å². The molecule has 5 aromatic carbocycles. The average molecular weight is 528 g/mol. The number of hydrogen-bond donors (Lipinski definition) is 0. The van der Waals surface area contributed by atoms with Gasteiger partial charge in [-0.15, -0.1) is 0 Å². The summed E-state index contributed by atoms with van der Waals surface area (Å²) in [7, 11) is 0. The van der Waals surface area contributed by atoms with Crippen LogP contribution in [-0.2, 0) is 5.41 Å². The minimum atomic E-state index is -0.280. The summed E-state index contributed by atoms with van der Waals surface area (Å²) < 4.78 is 8.89. The Bertz CT molecular complexity index is 2340. The summed E-state index contributed by atoms with van der Waals surface area (Å²) in [6.07, 6.45) is 0. The number of fused-ring (bicyclic) bond motifs is 10. The zero-order valence-corrected chi connectivity index (χ0v) is 22.7. The summed E-state index contributed by atoms with van der Waals surface area (Å²) in [5.74, 6) is 1.64. The highest BCUT2D eigenvalue weighted by atomic mass is 16.3. The van der Waals surface area contributed by atoms with Crippen molar-refractivity contribution in [2.24, 2.45) is 0 Å². The van der Waals surface area contributed by atoms with Gasteiger partial charge < -0.3 is 4.42 Å². The molecule has 0 unspecified atom stereocenters. The maximum absolute atomic E-state index is 6.55. The molecule has 0 radical (unpaired) electrons. The molecule has 3 aromatic heterocycles. The van der Waals surface area contributed by atoms with Gasteiger partial charge in [0.2, 0.25) is 0 Å². The standard InChI is InChI=1S/C37H25N3O/c1-37(2)27-17-9-6-15-25(27)33-32(37)36(39-35(38-33)22-12-4-3-5-13-22)40-28-18-10-7-16-26(28)31-29(40)21-20-24-23-14-8-11-19-30(23)41-34(24)31/h3-21H,1-2H3. The van der Waals surface area contributed by atoms with Crippen molar-refractivity contribution in [1.29, 1.82) is 0 Å². The van der Waals surface area contributed by atoms with Crippen LogP contribution in [0.2, 0.25) is 0 Å². The highest BCUT2D eigenvalue weighted by Crippen LogP contribution is 2.51. The van der Waals surface area contributed by atoms with Crippen molar-refractivity contribution in [2.75, 3.05) is 0 Å². The van der Waals surface area contributed by atoms with E-state index in [2.05, 4.69) is 103 Å². The van der Waals surface area contributed by atoms with Crippen molar-refractivity contribution in [3.05, 3.63) is 126 Å². The van der Waals surface area contributed by atoms with Gasteiger partial charge in [-0.05, 0) is 29.8 Å². The molecule has 0 amide bonds. The predicted octanol–water partition coefficient (Wildman–Crippen LogP) is 9.45. The summed E-state index contributed by atoms with van der Waals surface area (Å²) in [5.41, 5.74) is 9.30. The Morgan fingerprint density at radius 1 is 0.634 bits per heavy atom. The van der Waals surface area contributed by atoms with E-state index in [1.807, 2.05) is 30.3 Å². The van der Waals surface area contributed by atoms with Gasteiger partial charge in [-0.2, -0.15) is 0 Å². The molecule has 0 N–H and O–H groups in total. The summed E-state index contributed by atoms with van der Waals surface area (Å²) in [5, 5.41) is 4.51. The van der Waals surface area contributed by atoms with Crippen molar-refractivity contribution in [3.8, 4) is 28.5 Å². The van der Waals surface area contributed by atoms with E-state index >= 15 is 0 Å². The minimum absolute atomic E-state index is 0.280. The first-order valence-corrected chi connectivity index (χ1v) is 14.0. The molecule has 0 saturated carbocycles. The van der Waals surface area contributed by atoms with Crippen LogP contribution in [0.4, 0.5) is 0 Å². The summed E-state index contributed by atoms with van der Waals surface area (Å²) in [6.45, 7) is 4.58. The van der Waals surface area contributed by atoms with Gasteiger partial charge in [-0.3, -0.25) is 4.57 Å². The Morgan fingerprint density at radius 3 is 2.24 bits per heavy atom. The monoisotopic (exact) mass is 527 g/mol. The molecule has 1 aliphatic rings. The molecule has 3 heterocycles. The number of aromatic nitrogens is 3. The number of para-hydroxylation sites is 2. The van der Waals surface area contributed by atoms with E-state index in [0.29, 0.717) is 0 Å². The Kier molecular flexibility index (Phi) is 4.36. The smallest absolute Gasteiger partial charge is 0.162 e. The number of benzene rings is 5. The van der Waals surface area contributed by atoms with Crippen molar-refractivity contribution >= 4 is 43.7 Å². The van der Waals surface area contributed by atoms with Crippen LogP contribution in [0.5, 0.6) is 0 Å². The fraction of sp³-hybridized carbons (Fsp3) is 0.0811. The van der Waals surface area contributed by atoms with Crippen molar-refractivity contribution in [1.82, 2.24) is 14.5 Å². The van der Waals surface area contributed by atoms with Crippen LogP contribution in [0.15, 0.2) is 120 Å². The lowest BCUT2D eigenvalue weighted by molar-refractivity contribution is 0.650. The maximum Gasteiger partial charge on any atom is 0.162 e. The molecule has 41 heavy (non-hydrogen) atoms. The molecular formula is C37H25N3O. The Hall–Kier alpha value is -5.22. The van der Waals surface area contributed by atoms with Crippen molar-refractivity contribution in [2.45, 2.75) is 19.3 Å². The molecule has 0 atom stereocenters. The van der Waals surface area contributed by atoms with Gasteiger partial charge in [-0.1, -0.05) is 105 Å². The molecule has 0 fully saturated rings. The third kappa shape index (κ3) is 2.94. The van der Waals surface area contributed by atoms with E-state index in [0.717, 1.165) is 72.2 Å². The second-order valence-corrected chi connectivity index (χ2v) is 11.4. The molecular weight excluding hydrogens is 502 g/mol. The Balaban J connectivity index is 1.47. The molecule has 1 aliphatic carbocycles. The van der Waals surface area contributed by atoms with Crippen LogP contribution < -0.4 is 0 Å². The number of hydrogen-bond acceptors (Lipinski definition) is 3. The van der Waals surface area contributed by atoms with Gasteiger partial charge >= 0.3 is 0 Å². The van der Waals surface area contributed by atoms with Crippen LogP contribution in [0, 0.1) is 0 Å². The lowest BCUT2D eigenvalue weighted by Crippen LogP contribution is -2.19. The van der Waals surface area contributed by atoms with E-state index in [-0.39, 0.29) is 5.41 Å². The first-order chi connectivity index (χ1) is 20.1. The zero-order valence-electron chi connectivity index (χ0n) is 22.7. The fourth-order valence-corrected chi connectivity index (χ4v) is 6.93. The van der Waals surface area contributed by atoms with Gasteiger partial charge in [0.15, 0.2) is 5.82 Å². The summed E-state index contributed by atoms with van der Waals surface area (Å²) in [4.78, 5) is 10.6. The molecule has 194 valence electrons. The van der Waals surface area contributed by atoms with Gasteiger partial charge in [0.1, 0.15) is 17.0 Å². The Morgan fingerprint density at radius 2 is 1.37 bits per heavy atom. The molecule has 0 bridgehead atoms. The van der Waals surface area contributed by atoms with Gasteiger partial charge in [0.05, 0.1) is 22.1 Å². The van der Waals surface area contributed by atoms with E-state index in [9.17, 15) is 0 Å². The maximum atomic E-state index is 6.55. The normalized spacial score (nSPS) is 13.8. The minimum Gasteiger partial charge on any atom is -0.455 e. The SMILES string of the molecule is CC1(C)c2ccccc2-c2nc(-c3ccccc3)nc(-n3c4ccccc4c4c5oc6ccccc6c5ccc43)c21. The molecule has 9 rings (SSSR count). The molecule has 8 aromatic rings. The zero-order chi connectivity index (χ0) is 27.3. The summed E-state index contributed by atoms with van der Waals surface area (Å²) in [6, 6.07) is 40.2. The topological polar surface area (TPSA) is 43.9 Å². The molecule has 4 nitrogen and oxygen atoms in total. The number of rotatable bonds is 2. The highest BCUT2D eigenvalue weighted by molar-refractivity contribution is 6.23. The Labute approximate surface area is 236 Å². The summed E-state index contributed by atoms with van der Waals surface area (Å²) >= 11 is 0. The molecule has 0 saturated heterocycles. The van der Waals surface area contributed by atoms with E-state index < -0.39 is 0 Å². The quantitative estimate of drug-likeness (QED) is 0.225. The second-order valence-electron chi connectivity index (χ2n) is 11.4.